The van der Waals surface area contributed by atoms with Crippen LogP contribution in [0.15, 0.2) is 73.6 Å². The number of likely N-dealkylation sites (N-methyl/N-ethyl adjacent to an activating group) is 1. The number of nitrogens with zero attached hydrogens (tertiary/aromatic N) is 4. The Bertz CT molecular complexity index is 2460. The number of hydrazine groups is 1. The van der Waals surface area contributed by atoms with E-state index in [-0.39, 0.29) is 96.3 Å². The van der Waals surface area contributed by atoms with Crippen molar-refractivity contribution in [2.75, 3.05) is 20.2 Å². The molecule has 2 saturated carbocycles. The van der Waals surface area contributed by atoms with Gasteiger partial charge >= 0.3 is 5.97 Å². The lowest BCUT2D eigenvalue weighted by Crippen LogP contribution is -2.62. The van der Waals surface area contributed by atoms with Crippen LogP contribution in [-0.2, 0) is 41.6 Å². The summed E-state index contributed by atoms with van der Waals surface area (Å²) in [5.74, 6) is -2.71. The molecule has 8 rings (SSSR count). The standard InChI is InChI=1S/C50H60N6O7.4H2S/c1-7-43(58)32-12-13-33(23-32)47(60)54(6)44(29(2)3)46(59)52-41-22-30-20-35(24-37(57)21-30)31-14-17-42-38(25-31)39(45(56(42)36-15-16-36)34-10-8-18-51-27-34)26-50(4,5)28-63-49(62)40-11-9-19-55(53-40)48(41)61;;;;/h7-8,10,14,17-18,20-21,24-25,27,29,32-33,36,40-41,44,53,57H,1,9,11-13,15-16,19,22-23,26,28H2,2-6H3,(H,52,59);4*1H2/t32?,33-,40-,41-,44-;;;;/m0..../s1. The SMILES string of the molecule is C=CC(=O)C1CC[C@H](C(=O)N(C)[C@H](C(=O)N[C@H]2Cc3cc(O)cc(c3)-c3ccc4c(c3)c(c(-c3cccnc3)n4C3CC3)CC(C)(C)COC(=O)[C@@H]3CCCN(N3)C2=O)C(C)C)C1.S.S.S.S. The summed E-state index contributed by atoms with van der Waals surface area (Å²) in [6, 6.07) is 13.2. The molecule has 2 aliphatic carbocycles. The van der Waals surface area contributed by atoms with E-state index in [1.54, 1.807) is 25.4 Å². The van der Waals surface area contributed by atoms with Crippen molar-refractivity contribution in [3.63, 3.8) is 0 Å². The first kappa shape index (κ1) is 55.2. The average molecular weight is 993 g/mol. The fourth-order valence-corrected chi connectivity index (χ4v) is 10.1. The number of pyridine rings is 1. The molecule has 364 valence electrons. The molecule has 4 aliphatic rings. The normalized spacial score (nSPS) is 21.8. The third kappa shape index (κ3) is 11.9. The minimum atomic E-state index is -1.14. The highest BCUT2D eigenvalue weighted by Crippen LogP contribution is 2.47. The summed E-state index contributed by atoms with van der Waals surface area (Å²) in [7, 11) is 1.60. The molecule has 3 N–H and O–H groups in total. The molecule has 5 atom stereocenters. The van der Waals surface area contributed by atoms with Gasteiger partial charge in [0.2, 0.25) is 11.8 Å². The molecule has 17 heteroatoms. The zero-order valence-electron chi connectivity index (χ0n) is 39.1. The number of nitrogens with one attached hydrogen (secondary N) is 2. The summed E-state index contributed by atoms with van der Waals surface area (Å²) in [6.45, 7) is 11.9. The van der Waals surface area contributed by atoms with E-state index in [1.165, 1.54) is 16.0 Å². The Morgan fingerprint density at radius 2 is 1.70 bits per heavy atom. The molecule has 0 spiro atoms. The summed E-state index contributed by atoms with van der Waals surface area (Å²) in [4.78, 5) is 75.2. The van der Waals surface area contributed by atoms with E-state index in [2.05, 4.69) is 65.0 Å². The highest BCUT2D eigenvalue weighted by molar-refractivity contribution is 7.59. The molecule has 1 unspecified atom stereocenters. The number of amides is 3. The topological polar surface area (TPSA) is 163 Å². The number of carbonyl (C=O) groups excluding carboxylic acids is 5. The monoisotopic (exact) mass is 992 g/mol. The van der Waals surface area contributed by atoms with Gasteiger partial charge in [0.1, 0.15) is 23.9 Å². The number of aromatic hydroxyl groups is 1. The number of hydrogen-bond donors (Lipinski definition) is 3. The highest BCUT2D eigenvalue weighted by atomic mass is 32.1. The third-order valence-corrected chi connectivity index (χ3v) is 13.4. The lowest BCUT2D eigenvalue weighted by atomic mass is 9.84. The Kier molecular flexibility index (Phi) is 18.8. The molecular weight excluding hydrogens is 925 g/mol. The van der Waals surface area contributed by atoms with E-state index in [1.807, 2.05) is 32.2 Å². The minimum Gasteiger partial charge on any atom is -0.508 e. The van der Waals surface area contributed by atoms with Gasteiger partial charge in [-0.15, -0.1) is 0 Å². The van der Waals surface area contributed by atoms with E-state index in [4.69, 9.17) is 4.74 Å². The van der Waals surface area contributed by atoms with E-state index in [0.717, 1.165) is 51.7 Å². The first-order valence-electron chi connectivity index (χ1n) is 22.5. The average Bonchev–Trinajstić information content (AvgIpc) is 3.90. The number of fused-ring (bicyclic) bond motifs is 6. The number of aromatic nitrogens is 2. The van der Waals surface area contributed by atoms with Gasteiger partial charge in [0.05, 0.1) is 12.3 Å². The van der Waals surface area contributed by atoms with Crippen LogP contribution >= 0.6 is 54.0 Å². The molecule has 2 aromatic carbocycles. The molecule has 3 fully saturated rings. The number of esters is 1. The van der Waals surface area contributed by atoms with Gasteiger partial charge in [-0.3, -0.25) is 34.0 Å². The lowest BCUT2D eigenvalue weighted by molar-refractivity contribution is -0.155. The van der Waals surface area contributed by atoms with Crippen molar-refractivity contribution in [3.8, 4) is 28.1 Å². The predicted octanol–water partition coefficient (Wildman–Crippen LogP) is 7.16. The second kappa shape index (κ2) is 22.8. The number of benzene rings is 2. The van der Waals surface area contributed by atoms with Gasteiger partial charge in [0.15, 0.2) is 5.78 Å². The van der Waals surface area contributed by atoms with Gasteiger partial charge in [0.25, 0.3) is 5.91 Å². The van der Waals surface area contributed by atoms with E-state index < -0.39 is 47.2 Å². The second-order valence-electron chi connectivity index (χ2n) is 19.3. The number of ether oxygens (including phenoxy) is 1. The molecule has 4 heterocycles. The number of hydrogen-bond acceptors (Lipinski definition) is 9. The van der Waals surface area contributed by atoms with Crippen molar-refractivity contribution in [2.24, 2.45) is 23.2 Å². The Hall–Kier alpha value is -4.42. The molecule has 13 nitrogen and oxygen atoms in total. The highest BCUT2D eigenvalue weighted by Gasteiger charge is 2.41. The second-order valence-corrected chi connectivity index (χ2v) is 19.3. The maximum atomic E-state index is 14.7. The van der Waals surface area contributed by atoms with Crippen LogP contribution in [-0.4, -0.2) is 92.4 Å². The zero-order valence-corrected chi connectivity index (χ0v) is 43.1. The van der Waals surface area contributed by atoms with Crippen LogP contribution in [0, 0.1) is 23.2 Å². The predicted molar refractivity (Wildman–Crippen MR) is 281 cm³/mol. The maximum Gasteiger partial charge on any atom is 0.324 e. The quantitative estimate of drug-likeness (QED) is 0.117. The fourth-order valence-electron chi connectivity index (χ4n) is 10.1. The Morgan fingerprint density at radius 3 is 2.37 bits per heavy atom. The fraction of sp³-hybridized carbons (Fsp3) is 0.480. The molecule has 3 amide bonds. The van der Waals surface area contributed by atoms with Crippen LogP contribution in [0.25, 0.3) is 33.3 Å². The summed E-state index contributed by atoms with van der Waals surface area (Å²) < 4.78 is 8.52. The Morgan fingerprint density at radius 1 is 0.970 bits per heavy atom. The number of allylic oxidation sites excluding steroid dienone is 1. The Labute approximate surface area is 422 Å². The molecule has 2 aromatic heterocycles. The molecule has 67 heavy (non-hydrogen) atoms. The van der Waals surface area contributed by atoms with Gasteiger partial charge in [-0.1, -0.05) is 46.4 Å². The molecule has 2 aliphatic heterocycles. The van der Waals surface area contributed by atoms with Gasteiger partial charge in [0, 0.05) is 72.2 Å². The number of rotatable bonds is 9. The van der Waals surface area contributed by atoms with E-state index in [9.17, 15) is 29.1 Å². The number of phenolic OH excluding ortho intramolecular Hbond substituents is 1. The van der Waals surface area contributed by atoms with Crippen LogP contribution in [0.1, 0.15) is 89.8 Å². The van der Waals surface area contributed by atoms with Gasteiger partial charge < -0.3 is 24.6 Å². The van der Waals surface area contributed by atoms with Crippen molar-refractivity contribution in [1.82, 2.24) is 30.2 Å². The molecule has 6 bridgehead atoms. The summed E-state index contributed by atoms with van der Waals surface area (Å²) in [5, 5.41) is 16.7. The van der Waals surface area contributed by atoms with Gasteiger partial charge in [-0.2, -0.15) is 54.0 Å². The van der Waals surface area contributed by atoms with Gasteiger partial charge in [-0.25, -0.2) is 5.43 Å². The Balaban J connectivity index is 0.00000245. The van der Waals surface area contributed by atoms with Crippen molar-refractivity contribution >= 4 is 94.4 Å². The molecule has 0 radical (unpaired) electrons. The first-order chi connectivity index (χ1) is 30.1. The summed E-state index contributed by atoms with van der Waals surface area (Å²) in [5.41, 5.74) is 9.21. The first-order valence-corrected chi connectivity index (χ1v) is 22.5. The summed E-state index contributed by atoms with van der Waals surface area (Å²) >= 11 is 0. The minimum absolute atomic E-state index is 0. The van der Waals surface area contributed by atoms with E-state index >= 15 is 0 Å². The van der Waals surface area contributed by atoms with Gasteiger partial charge in [-0.05, 0) is 122 Å². The van der Waals surface area contributed by atoms with Crippen molar-refractivity contribution < 1.29 is 33.8 Å². The van der Waals surface area contributed by atoms with Crippen LogP contribution in [0.3, 0.4) is 0 Å². The largest absolute Gasteiger partial charge is 0.508 e. The number of ketones is 1. The molecule has 4 aromatic rings. The van der Waals surface area contributed by atoms with Crippen molar-refractivity contribution in [2.45, 2.75) is 110 Å². The zero-order chi connectivity index (χ0) is 44.7. The van der Waals surface area contributed by atoms with E-state index in [0.29, 0.717) is 56.7 Å². The number of phenols is 1. The van der Waals surface area contributed by atoms with Crippen LogP contribution in [0.4, 0.5) is 0 Å². The van der Waals surface area contributed by atoms with Crippen LogP contribution in [0.5, 0.6) is 5.75 Å². The molecular formula is C50H68N6O7S4. The lowest BCUT2D eigenvalue weighted by Gasteiger charge is -2.37. The maximum absolute atomic E-state index is 14.7. The summed E-state index contributed by atoms with van der Waals surface area (Å²) in [6.07, 6.45) is 10.2. The van der Waals surface area contributed by atoms with Crippen molar-refractivity contribution in [3.05, 3.63) is 84.7 Å². The number of cyclic esters (lactones) is 1. The third-order valence-electron chi connectivity index (χ3n) is 13.4. The van der Waals surface area contributed by atoms with Crippen molar-refractivity contribution in [1.29, 1.82) is 0 Å². The van der Waals surface area contributed by atoms with Crippen LogP contribution in [0.2, 0.25) is 0 Å². The smallest absolute Gasteiger partial charge is 0.324 e. The van der Waals surface area contributed by atoms with Crippen LogP contribution < -0.4 is 10.7 Å². The number of carbonyl (C=O) groups is 5. The molecule has 1 saturated heterocycles.